The molecule has 0 spiro atoms. The van der Waals surface area contributed by atoms with Crippen LogP contribution in [0.2, 0.25) is 0 Å². The van der Waals surface area contributed by atoms with E-state index >= 15 is 0 Å². The van der Waals surface area contributed by atoms with E-state index in [1.165, 1.54) is 51.9 Å². The minimum Gasteiger partial charge on any atom is -0.432 e. The zero-order chi connectivity index (χ0) is 69.1. The molecule has 4 aliphatic heterocycles. The number of nitrogens with one attached hydrogen (secondary N) is 2. The molecule has 6 unspecified atom stereocenters. The topological polar surface area (TPSA) is 531 Å². The van der Waals surface area contributed by atoms with Crippen LogP contribution in [0.25, 0.3) is 22.3 Å². The van der Waals surface area contributed by atoms with E-state index in [4.69, 9.17) is 79.3 Å². The van der Waals surface area contributed by atoms with Crippen LogP contribution in [0.3, 0.4) is 0 Å². The lowest BCUT2D eigenvalue weighted by molar-refractivity contribution is -0.0625. The van der Waals surface area contributed by atoms with Gasteiger partial charge in [0.15, 0.2) is 41.3 Å². The third-order valence-electron chi connectivity index (χ3n) is 14.1. The molecule has 6 aromatic rings. The van der Waals surface area contributed by atoms with Crippen molar-refractivity contribution in [1.82, 2.24) is 58.1 Å². The van der Waals surface area contributed by atoms with Crippen LogP contribution in [0, 0.1) is 0 Å². The fraction of sp³-hybridized carbons (Fsp3) is 0.600. The number of nitrogen functional groups attached to an aromatic ring is 2. The number of rotatable bonds is 24. The van der Waals surface area contributed by atoms with E-state index in [9.17, 15) is 58.7 Å². The van der Waals surface area contributed by atoms with E-state index in [0.29, 0.717) is 38.3 Å². The van der Waals surface area contributed by atoms with Crippen molar-refractivity contribution in [2.24, 2.45) is 0 Å². The number of hydrogen-bond acceptors (Lipinski definition) is 35. The van der Waals surface area contributed by atoms with E-state index in [0.717, 1.165) is 21.3 Å². The molecule has 0 amide bonds. The van der Waals surface area contributed by atoms with Gasteiger partial charge in [0.05, 0.1) is 63.5 Å². The molecule has 6 aromatic heterocycles. The van der Waals surface area contributed by atoms with Gasteiger partial charge in [-0.05, 0) is 62.1 Å². The molecule has 0 saturated carbocycles. The number of carbonyl (C=O) groups is 2. The zero-order valence-electron chi connectivity index (χ0n) is 51.0. The van der Waals surface area contributed by atoms with E-state index < -0.39 is 166 Å². The molecule has 0 aromatic carbocycles. The Balaban J connectivity index is 0.000000218. The number of methoxy groups -OCH3 is 2. The number of aromatic amines is 2. The van der Waals surface area contributed by atoms with Gasteiger partial charge in [0, 0.05) is 63.0 Å². The highest BCUT2D eigenvalue weighted by molar-refractivity contribution is 14.1. The molecule has 95 heavy (non-hydrogen) atoms. The highest BCUT2D eigenvalue weighted by atomic mass is 127. The van der Waals surface area contributed by atoms with E-state index in [1.807, 2.05) is 22.6 Å². The maximum absolute atomic E-state index is 14.2. The largest absolute Gasteiger partial charge is 0.509 e. The predicted molar refractivity (Wildman–Crippen MR) is 337 cm³/mol. The Morgan fingerprint density at radius 1 is 0.674 bits per heavy atom. The molecule has 10 heterocycles. The molecule has 45 heteroatoms. The van der Waals surface area contributed by atoms with Gasteiger partial charge in [-0.15, -0.1) is 0 Å². The van der Waals surface area contributed by atoms with Crippen molar-refractivity contribution < 1.29 is 105 Å². The Bertz CT molecular complexity index is 3920. The van der Waals surface area contributed by atoms with Gasteiger partial charge in [0.25, 0.3) is 11.1 Å². The molecule has 40 nitrogen and oxygen atoms in total. The van der Waals surface area contributed by atoms with Crippen LogP contribution >= 0.6 is 47.5 Å². The SMILES string of the molecule is CC(C)OC(=O)OCI.CO[C@@H]1C(OP(=O)(OC[C@H]2O[C@@H](n3cnc4c(N)ncnc43)CC2O)SCOC(=O)OC(C)C)[C@@H](CO)O[C@H]1n1ccc(=O)[nH]c1=O.CO[C@@H]1C(OP(O)(=S)OC[C@H]2O[C@@H](n3cnc4c(N)ncnc43)CC2O)[C@@H](CO)O[C@H]1n1ccc(=O)[nH]c1=O. The standard InChI is InChI=1S/C25H34N7O13PS.C20H26N7O10PS.C5H9IO3/c1-12(2)42-25(37)40-11-47-46(38,45-19-14(7-33)44-23(20(19)39-3)31-5-4-16(35)30-24(31)36)41-8-15-13(34)6-17(43-15)32-10-29-18-21(26)27-9-28-22(18)32;1-33-16-15(10(5-28)36-19(16)26-3-2-12(30)25-20(26)31)37-38(32,39)34-6-11-9(29)4-13(35-11)27-8-24-14-17(21)22-7-23-18(14)27;1-4(2)9-5(7)8-3-6/h4-5,9-10,12-15,17,19-20,23,33-34H,6-8,11H2,1-3H3,(H2,26,27,28)(H,30,35,36);2-3,7-11,13,15-16,19,28-29H,4-6H2,1H3,(H,32,39)(H2,21,22,23)(H,25,30,31);4H,3H2,1-2H3/t13?,14-,15-,17-,19?,20-,23-,46?;9?,10-,11-,13-,15?,16-,19-,38?;/m11./s1. The Morgan fingerprint density at radius 2 is 1.12 bits per heavy atom. The summed E-state index contributed by atoms with van der Waals surface area (Å²) >= 11 is 7.57. The number of nitrogens with two attached hydrogens (primary N) is 2. The minimum atomic E-state index is -4.38. The maximum atomic E-state index is 14.2. The summed E-state index contributed by atoms with van der Waals surface area (Å²) in [5.41, 5.74) is 10.4. The average Bonchev–Trinajstić information content (AvgIpc) is 1.67. The number of nitrogens with zero attached hydrogens (tertiary/aromatic N) is 10. The second kappa shape index (κ2) is 33.5. The maximum Gasteiger partial charge on any atom is 0.509 e. The van der Waals surface area contributed by atoms with Crippen molar-refractivity contribution in [3.05, 3.63) is 91.5 Å². The van der Waals surface area contributed by atoms with Crippen molar-refractivity contribution >= 4 is 106 Å². The van der Waals surface area contributed by atoms with Crippen molar-refractivity contribution in [3.8, 4) is 0 Å². The summed E-state index contributed by atoms with van der Waals surface area (Å²) in [6, 6.07) is 2.21. The van der Waals surface area contributed by atoms with E-state index in [1.54, 1.807) is 36.8 Å². The summed E-state index contributed by atoms with van der Waals surface area (Å²) in [5, 5.41) is 41.3. The van der Waals surface area contributed by atoms with Gasteiger partial charge in [0.1, 0.15) is 89.6 Å². The fourth-order valence-corrected chi connectivity index (χ4v) is 14.3. The number of anilines is 2. The number of fused-ring (bicyclic) bond motifs is 2. The first kappa shape index (κ1) is 74.7. The number of aliphatic hydroxyl groups is 4. The van der Waals surface area contributed by atoms with Gasteiger partial charge in [-0.25, -0.2) is 53.6 Å². The van der Waals surface area contributed by atoms with Crippen molar-refractivity contribution in [2.45, 2.75) is 139 Å². The normalized spacial score (nSPS) is 27.0. The van der Waals surface area contributed by atoms with Crippen LogP contribution in [0.1, 0.15) is 65.4 Å². The van der Waals surface area contributed by atoms with Crippen LogP contribution in [0.15, 0.2) is 69.0 Å². The second-order valence-corrected chi connectivity index (χ2v) is 28.5. The molecule has 11 N–H and O–H groups in total. The molecule has 4 fully saturated rings. The summed E-state index contributed by atoms with van der Waals surface area (Å²) in [6.45, 7) is -3.62. The van der Waals surface area contributed by atoms with Crippen molar-refractivity contribution in [1.29, 1.82) is 0 Å². The average molecular weight is 1540 g/mol. The van der Waals surface area contributed by atoms with Gasteiger partial charge in [-0.1, -0.05) is 0 Å². The van der Waals surface area contributed by atoms with E-state index in [2.05, 4.69) is 49.3 Å². The number of alkyl halides is 1. The fourth-order valence-electron chi connectivity index (χ4n) is 9.80. The lowest BCUT2D eigenvalue weighted by Gasteiger charge is -2.28. The number of H-pyrrole nitrogens is 2. The molecule has 4 aliphatic rings. The van der Waals surface area contributed by atoms with Crippen LogP contribution in [-0.4, -0.2) is 220 Å². The number of imidazole rings is 2. The molecular formula is C50H69IN14O26P2S2. The van der Waals surface area contributed by atoms with Crippen LogP contribution < -0.4 is 34.0 Å². The number of aliphatic hydroxyl groups excluding tert-OH is 4. The molecule has 0 radical (unpaired) electrons. The van der Waals surface area contributed by atoms with Gasteiger partial charge < -0.3 is 88.7 Å². The molecule has 524 valence electrons. The number of hydrogen-bond donors (Lipinski definition) is 9. The number of ether oxygens (including phenoxy) is 10. The Hall–Kier alpha value is -6.04. The van der Waals surface area contributed by atoms with E-state index in [-0.39, 0.29) is 37.2 Å². The highest BCUT2D eigenvalue weighted by Crippen LogP contribution is 2.63. The first-order valence-electron chi connectivity index (χ1n) is 28.4. The molecular weight excluding hydrogens is 1470 g/mol. The van der Waals surface area contributed by atoms with Gasteiger partial charge in [-0.2, -0.15) is 0 Å². The molecule has 0 aliphatic carbocycles. The summed E-state index contributed by atoms with van der Waals surface area (Å²) < 4.78 is 96.1. The van der Waals surface area contributed by atoms with Crippen LogP contribution in [0.4, 0.5) is 21.2 Å². The van der Waals surface area contributed by atoms with Crippen LogP contribution in [-0.2, 0) is 81.8 Å². The summed E-state index contributed by atoms with van der Waals surface area (Å²) in [4.78, 5) is 110. The quantitative estimate of drug-likeness (QED) is 0.0130. The lowest BCUT2D eigenvalue weighted by Crippen LogP contribution is -2.40. The number of aromatic nitrogens is 12. The Morgan fingerprint density at radius 3 is 1.54 bits per heavy atom. The lowest BCUT2D eigenvalue weighted by atomic mass is 10.1. The summed E-state index contributed by atoms with van der Waals surface area (Å²) in [6.07, 6.45) is -8.64. The number of carbonyl (C=O) groups excluding carboxylic acids is 2. The third kappa shape index (κ3) is 18.8. The highest BCUT2D eigenvalue weighted by Gasteiger charge is 2.52. The Kier molecular flexibility index (Phi) is 26.3. The molecule has 16 atom stereocenters. The van der Waals surface area contributed by atoms with Gasteiger partial charge in [0.2, 0.25) is 0 Å². The van der Waals surface area contributed by atoms with Gasteiger partial charge in [-0.3, -0.25) is 51.4 Å². The van der Waals surface area contributed by atoms with Crippen molar-refractivity contribution in [2.75, 3.05) is 62.7 Å². The van der Waals surface area contributed by atoms with Crippen molar-refractivity contribution in [3.63, 3.8) is 0 Å². The second-order valence-electron chi connectivity index (χ2n) is 21.1. The number of halogens is 1. The Labute approximate surface area is 558 Å². The smallest absolute Gasteiger partial charge is 0.432 e. The molecule has 4 saturated heterocycles. The summed E-state index contributed by atoms with van der Waals surface area (Å²) in [7, 11) is 2.59. The predicted octanol–water partition coefficient (Wildman–Crippen LogP) is 0.345. The first-order valence-corrected chi connectivity index (χ1v) is 35.7. The molecule has 10 rings (SSSR count). The molecule has 0 bridgehead atoms. The third-order valence-corrected chi connectivity index (χ3v) is 19.3. The monoisotopic (exact) mass is 1530 g/mol. The summed E-state index contributed by atoms with van der Waals surface area (Å²) in [5.74, 6) is -0.172. The first-order chi connectivity index (χ1) is 45.2. The van der Waals surface area contributed by atoms with Crippen LogP contribution in [0.5, 0.6) is 0 Å². The zero-order valence-corrected chi connectivity index (χ0v) is 56.6. The minimum absolute atomic E-state index is 0.0935. The van der Waals surface area contributed by atoms with Gasteiger partial charge >= 0.3 is 37.2 Å².